The largest absolute Gasteiger partial charge is 0.335 e. The van der Waals surface area contributed by atoms with Crippen LogP contribution in [0.15, 0.2) is 53.4 Å². The second kappa shape index (κ2) is 8.61. The minimum absolute atomic E-state index is 0.0397. The van der Waals surface area contributed by atoms with Crippen LogP contribution in [0.2, 0.25) is 0 Å². The van der Waals surface area contributed by atoms with Crippen molar-refractivity contribution in [3.8, 4) is 0 Å². The number of piperazine rings is 1. The molecule has 3 rings (SSSR count). The van der Waals surface area contributed by atoms with Crippen LogP contribution in [0.5, 0.6) is 0 Å². The summed E-state index contributed by atoms with van der Waals surface area (Å²) in [6, 6.07) is 15.4. The molecule has 5 heteroatoms. The van der Waals surface area contributed by atoms with Gasteiger partial charge in [-0.05, 0) is 31.2 Å². The number of rotatable bonds is 4. The maximum atomic E-state index is 13.0. The minimum atomic E-state index is 0.0397. The van der Waals surface area contributed by atoms with Gasteiger partial charge in [0.1, 0.15) is 0 Å². The molecular weight excluding hydrogens is 356 g/mol. The lowest BCUT2D eigenvalue weighted by Crippen LogP contribution is -2.50. The molecule has 0 radical (unpaired) electrons. The Morgan fingerprint density at radius 3 is 2.00 bits per heavy atom. The molecule has 2 aromatic carbocycles. The van der Waals surface area contributed by atoms with Crippen LogP contribution in [-0.2, 0) is 0 Å². The fraction of sp³-hybridized carbons (Fsp3) is 0.364. The second-order valence-electron chi connectivity index (χ2n) is 7.11. The lowest BCUT2D eigenvalue weighted by molar-refractivity contribution is 0.0533. The Bertz CT molecular complexity index is 809. The van der Waals surface area contributed by atoms with Gasteiger partial charge in [0.2, 0.25) is 0 Å². The van der Waals surface area contributed by atoms with Gasteiger partial charge in [0.05, 0.1) is 5.56 Å². The Labute approximate surface area is 165 Å². The lowest BCUT2D eigenvalue weighted by Gasteiger charge is -2.35. The van der Waals surface area contributed by atoms with E-state index >= 15 is 0 Å². The zero-order valence-electron chi connectivity index (χ0n) is 16.1. The number of benzene rings is 2. The highest BCUT2D eigenvalue weighted by atomic mass is 32.2. The predicted molar refractivity (Wildman–Crippen MR) is 110 cm³/mol. The van der Waals surface area contributed by atoms with E-state index in [2.05, 4.69) is 13.8 Å². The number of carbonyl (C=O) groups excluding carboxylic acids is 2. The van der Waals surface area contributed by atoms with Crippen molar-refractivity contribution >= 4 is 23.6 Å². The maximum Gasteiger partial charge on any atom is 0.255 e. The molecule has 0 aromatic heterocycles. The highest BCUT2D eigenvalue weighted by molar-refractivity contribution is 8.00. The highest BCUT2D eigenvalue weighted by Crippen LogP contribution is 2.27. The lowest BCUT2D eigenvalue weighted by atomic mass is 10.1. The van der Waals surface area contributed by atoms with Crippen LogP contribution in [0, 0.1) is 6.92 Å². The third kappa shape index (κ3) is 4.72. The number of carbonyl (C=O) groups is 2. The standard InChI is InChI=1S/C22H26N2O2S/c1-16(2)27-20-7-5-4-6-19(20)22(26)24-14-12-23(13-15-24)21(25)18-10-8-17(3)9-11-18/h4-11,16H,12-15H2,1-3H3. The SMILES string of the molecule is Cc1ccc(C(=O)N2CCN(C(=O)c3ccccc3SC(C)C)CC2)cc1. The van der Waals surface area contributed by atoms with Crippen LogP contribution >= 0.6 is 11.8 Å². The first-order valence-electron chi connectivity index (χ1n) is 9.36. The number of amides is 2. The molecule has 27 heavy (non-hydrogen) atoms. The maximum absolute atomic E-state index is 13.0. The van der Waals surface area contributed by atoms with Crippen molar-refractivity contribution in [1.82, 2.24) is 9.80 Å². The summed E-state index contributed by atoms with van der Waals surface area (Å²) < 4.78 is 0. The third-order valence-corrected chi connectivity index (χ3v) is 5.71. The molecule has 2 amide bonds. The van der Waals surface area contributed by atoms with Crippen LogP contribution < -0.4 is 0 Å². The first-order valence-corrected chi connectivity index (χ1v) is 10.2. The van der Waals surface area contributed by atoms with Crippen LogP contribution in [-0.4, -0.2) is 53.0 Å². The number of hydrogen-bond donors (Lipinski definition) is 0. The van der Waals surface area contributed by atoms with Gasteiger partial charge in [-0.15, -0.1) is 11.8 Å². The van der Waals surface area contributed by atoms with E-state index in [1.54, 1.807) is 11.8 Å². The molecule has 1 fully saturated rings. The predicted octanol–water partition coefficient (Wildman–Crippen LogP) is 4.09. The van der Waals surface area contributed by atoms with Gasteiger partial charge in [-0.25, -0.2) is 0 Å². The molecule has 0 aliphatic carbocycles. The van der Waals surface area contributed by atoms with Crippen molar-refractivity contribution in [2.75, 3.05) is 26.2 Å². The summed E-state index contributed by atoms with van der Waals surface area (Å²) in [5.41, 5.74) is 2.61. The van der Waals surface area contributed by atoms with Gasteiger partial charge in [-0.2, -0.15) is 0 Å². The van der Waals surface area contributed by atoms with Crippen molar-refractivity contribution in [2.45, 2.75) is 30.9 Å². The fourth-order valence-corrected chi connectivity index (χ4v) is 4.11. The Morgan fingerprint density at radius 2 is 1.41 bits per heavy atom. The van der Waals surface area contributed by atoms with Gasteiger partial charge in [-0.3, -0.25) is 9.59 Å². The van der Waals surface area contributed by atoms with Gasteiger partial charge < -0.3 is 9.80 Å². The average Bonchev–Trinajstić information content (AvgIpc) is 2.68. The molecule has 142 valence electrons. The summed E-state index contributed by atoms with van der Waals surface area (Å²) in [7, 11) is 0. The summed E-state index contributed by atoms with van der Waals surface area (Å²) in [5, 5.41) is 0.419. The molecule has 0 unspecified atom stereocenters. The van der Waals surface area contributed by atoms with Gasteiger partial charge in [0, 0.05) is 41.9 Å². The van der Waals surface area contributed by atoms with Gasteiger partial charge in [0.25, 0.3) is 11.8 Å². The highest BCUT2D eigenvalue weighted by Gasteiger charge is 2.26. The molecule has 0 bridgehead atoms. The summed E-state index contributed by atoms with van der Waals surface area (Å²) in [6.45, 7) is 8.53. The number of thioether (sulfide) groups is 1. The summed E-state index contributed by atoms with van der Waals surface area (Å²) in [4.78, 5) is 30.4. The van der Waals surface area contributed by atoms with Gasteiger partial charge in [0.15, 0.2) is 0 Å². The van der Waals surface area contributed by atoms with Crippen molar-refractivity contribution in [3.05, 3.63) is 65.2 Å². The Morgan fingerprint density at radius 1 is 0.852 bits per heavy atom. The number of hydrogen-bond acceptors (Lipinski definition) is 3. The smallest absolute Gasteiger partial charge is 0.255 e. The van der Waals surface area contributed by atoms with E-state index in [1.807, 2.05) is 65.3 Å². The first-order chi connectivity index (χ1) is 13.0. The summed E-state index contributed by atoms with van der Waals surface area (Å²) in [6.07, 6.45) is 0. The molecule has 0 spiro atoms. The number of aryl methyl sites for hydroxylation is 1. The van der Waals surface area contributed by atoms with Crippen LogP contribution in [0.4, 0.5) is 0 Å². The van der Waals surface area contributed by atoms with E-state index < -0.39 is 0 Å². The number of nitrogens with zero attached hydrogens (tertiary/aromatic N) is 2. The summed E-state index contributed by atoms with van der Waals surface area (Å²) in [5.74, 6) is 0.0963. The normalized spacial score (nSPS) is 14.5. The Kier molecular flexibility index (Phi) is 6.22. The molecule has 1 aliphatic heterocycles. The average molecular weight is 383 g/mol. The van der Waals surface area contributed by atoms with E-state index in [4.69, 9.17) is 0 Å². The third-order valence-electron chi connectivity index (χ3n) is 4.63. The molecule has 4 nitrogen and oxygen atoms in total. The zero-order valence-corrected chi connectivity index (χ0v) is 17.0. The quantitative estimate of drug-likeness (QED) is 0.748. The molecule has 1 saturated heterocycles. The van der Waals surface area contributed by atoms with Crippen molar-refractivity contribution in [1.29, 1.82) is 0 Å². The van der Waals surface area contributed by atoms with Crippen molar-refractivity contribution < 1.29 is 9.59 Å². The van der Waals surface area contributed by atoms with Gasteiger partial charge >= 0.3 is 0 Å². The molecule has 1 heterocycles. The van der Waals surface area contributed by atoms with E-state index in [-0.39, 0.29) is 11.8 Å². The Hall–Kier alpha value is -2.27. The first kappa shape index (κ1) is 19.5. The topological polar surface area (TPSA) is 40.6 Å². The summed E-state index contributed by atoms with van der Waals surface area (Å²) >= 11 is 1.71. The molecule has 2 aromatic rings. The second-order valence-corrected chi connectivity index (χ2v) is 8.73. The van der Waals surface area contributed by atoms with Crippen molar-refractivity contribution in [2.24, 2.45) is 0 Å². The van der Waals surface area contributed by atoms with Crippen LogP contribution in [0.1, 0.15) is 40.1 Å². The Balaban J connectivity index is 1.64. The molecular formula is C22H26N2O2S. The molecule has 0 atom stereocenters. The van der Waals surface area contributed by atoms with E-state index in [1.165, 1.54) is 0 Å². The van der Waals surface area contributed by atoms with Crippen molar-refractivity contribution in [3.63, 3.8) is 0 Å². The van der Waals surface area contributed by atoms with Crippen LogP contribution in [0.25, 0.3) is 0 Å². The monoisotopic (exact) mass is 382 g/mol. The van der Waals surface area contributed by atoms with Gasteiger partial charge in [-0.1, -0.05) is 43.7 Å². The molecule has 0 N–H and O–H groups in total. The molecule has 0 saturated carbocycles. The van der Waals surface area contributed by atoms with E-state index in [9.17, 15) is 9.59 Å². The molecule has 1 aliphatic rings. The minimum Gasteiger partial charge on any atom is -0.335 e. The zero-order chi connectivity index (χ0) is 19.4. The van der Waals surface area contributed by atoms with E-state index in [0.717, 1.165) is 16.0 Å². The van der Waals surface area contributed by atoms with Crippen LogP contribution in [0.3, 0.4) is 0 Å². The fourth-order valence-electron chi connectivity index (χ4n) is 3.16. The van der Waals surface area contributed by atoms with E-state index in [0.29, 0.717) is 37.0 Å².